The van der Waals surface area contributed by atoms with Crippen LogP contribution in [0.3, 0.4) is 0 Å². The molecule has 1 aromatic rings. The topological polar surface area (TPSA) is 37.3 Å². The van der Waals surface area contributed by atoms with Gasteiger partial charge in [-0.1, -0.05) is 19.9 Å². The standard InChI is InChI=1S/C15H22O2/c1-9-7-10(2)12(4)14(11(9)3)15(5,6)8-13(16)17/h7H,8H2,1-6H3,(H,16,17). The summed E-state index contributed by atoms with van der Waals surface area (Å²) in [4.78, 5) is 11.0. The van der Waals surface area contributed by atoms with Crippen LogP contribution in [0.4, 0.5) is 0 Å². The van der Waals surface area contributed by atoms with Gasteiger partial charge in [-0.05, 0) is 55.5 Å². The lowest BCUT2D eigenvalue weighted by Gasteiger charge is -2.29. The molecule has 0 aliphatic rings. The maximum Gasteiger partial charge on any atom is 0.304 e. The van der Waals surface area contributed by atoms with Crippen molar-refractivity contribution in [2.24, 2.45) is 0 Å². The van der Waals surface area contributed by atoms with Crippen LogP contribution in [0.2, 0.25) is 0 Å². The fraction of sp³-hybridized carbons (Fsp3) is 0.533. The van der Waals surface area contributed by atoms with E-state index in [0.29, 0.717) is 0 Å². The molecule has 0 atom stereocenters. The van der Waals surface area contributed by atoms with Crippen molar-refractivity contribution in [1.82, 2.24) is 0 Å². The molecule has 0 aromatic heterocycles. The fourth-order valence-electron chi connectivity index (χ4n) is 2.70. The van der Waals surface area contributed by atoms with Crippen molar-refractivity contribution in [1.29, 1.82) is 0 Å². The highest BCUT2D eigenvalue weighted by Crippen LogP contribution is 2.35. The van der Waals surface area contributed by atoms with Gasteiger partial charge < -0.3 is 5.11 Å². The summed E-state index contributed by atoms with van der Waals surface area (Å²) >= 11 is 0. The molecule has 0 aliphatic heterocycles. The zero-order valence-corrected chi connectivity index (χ0v) is 11.6. The van der Waals surface area contributed by atoms with Crippen LogP contribution in [0.15, 0.2) is 6.07 Å². The average Bonchev–Trinajstić information content (AvgIpc) is 2.12. The van der Waals surface area contributed by atoms with E-state index in [2.05, 4.69) is 33.8 Å². The fourth-order valence-corrected chi connectivity index (χ4v) is 2.70. The van der Waals surface area contributed by atoms with E-state index in [1.807, 2.05) is 13.8 Å². The Balaban J connectivity index is 3.44. The summed E-state index contributed by atoms with van der Waals surface area (Å²) in [7, 11) is 0. The maximum absolute atomic E-state index is 11.0. The molecule has 0 aliphatic carbocycles. The van der Waals surface area contributed by atoms with E-state index >= 15 is 0 Å². The summed E-state index contributed by atoms with van der Waals surface area (Å²) in [5.41, 5.74) is 5.79. The largest absolute Gasteiger partial charge is 0.481 e. The van der Waals surface area contributed by atoms with Crippen LogP contribution < -0.4 is 0 Å². The van der Waals surface area contributed by atoms with E-state index in [9.17, 15) is 4.79 Å². The number of hydrogen-bond donors (Lipinski definition) is 1. The van der Waals surface area contributed by atoms with Gasteiger partial charge in [0.25, 0.3) is 0 Å². The van der Waals surface area contributed by atoms with Gasteiger partial charge in [-0.2, -0.15) is 0 Å². The van der Waals surface area contributed by atoms with Crippen LogP contribution in [0.25, 0.3) is 0 Å². The highest BCUT2D eigenvalue weighted by molar-refractivity contribution is 5.69. The summed E-state index contributed by atoms with van der Waals surface area (Å²) in [5, 5.41) is 9.03. The molecule has 0 unspecified atom stereocenters. The molecule has 2 nitrogen and oxygen atoms in total. The van der Waals surface area contributed by atoms with Crippen molar-refractivity contribution in [2.45, 2.75) is 53.4 Å². The van der Waals surface area contributed by atoms with E-state index in [-0.39, 0.29) is 11.8 Å². The molecule has 0 heterocycles. The van der Waals surface area contributed by atoms with Gasteiger partial charge >= 0.3 is 5.97 Å². The average molecular weight is 234 g/mol. The Morgan fingerprint density at radius 3 is 1.88 bits per heavy atom. The highest BCUT2D eigenvalue weighted by atomic mass is 16.4. The molecule has 0 saturated carbocycles. The smallest absolute Gasteiger partial charge is 0.304 e. The summed E-state index contributed by atoms with van der Waals surface area (Å²) in [5.74, 6) is -0.743. The molecule has 1 N–H and O–H groups in total. The third-order valence-corrected chi connectivity index (χ3v) is 3.64. The third-order valence-electron chi connectivity index (χ3n) is 3.64. The zero-order chi connectivity index (χ0) is 13.4. The van der Waals surface area contributed by atoms with Crippen molar-refractivity contribution < 1.29 is 9.90 Å². The number of carboxylic acids is 1. The molecule has 17 heavy (non-hydrogen) atoms. The lowest BCUT2D eigenvalue weighted by Crippen LogP contribution is -2.24. The summed E-state index contributed by atoms with van der Waals surface area (Å²) in [6.45, 7) is 12.4. The predicted molar refractivity (Wildman–Crippen MR) is 70.7 cm³/mol. The lowest BCUT2D eigenvalue weighted by molar-refractivity contribution is -0.138. The van der Waals surface area contributed by atoms with Crippen LogP contribution in [-0.2, 0) is 10.2 Å². The molecule has 1 aromatic carbocycles. The Morgan fingerprint density at radius 2 is 1.53 bits per heavy atom. The second-order valence-corrected chi connectivity index (χ2v) is 5.59. The minimum Gasteiger partial charge on any atom is -0.481 e. The molecular weight excluding hydrogens is 212 g/mol. The van der Waals surface area contributed by atoms with E-state index in [1.165, 1.54) is 27.8 Å². The number of benzene rings is 1. The van der Waals surface area contributed by atoms with Gasteiger partial charge in [0, 0.05) is 5.41 Å². The molecule has 1 rings (SSSR count). The second kappa shape index (κ2) is 4.52. The van der Waals surface area contributed by atoms with Gasteiger partial charge in [0.15, 0.2) is 0 Å². The Bertz CT molecular complexity index is 430. The summed E-state index contributed by atoms with van der Waals surface area (Å²) < 4.78 is 0. The number of carboxylic acid groups (broad SMARTS) is 1. The van der Waals surface area contributed by atoms with Crippen LogP contribution in [0.1, 0.15) is 48.1 Å². The minimum absolute atomic E-state index is 0.164. The van der Waals surface area contributed by atoms with Gasteiger partial charge in [0.2, 0.25) is 0 Å². The molecule has 0 spiro atoms. The van der Waals surface area contributed by atoms with Gasteiger partial charge in [-0.25, -0.2) is 0 Å². The molecule has 94 valence electrons. The molecular formula is C15H22O2. The van der Waals surface area contributed by atoms with Crippen molar-refractivity contribution in [2.75, 3.05) is 0 Å². The van der Waals surface area contributed by atoms with Crippen LogP contribution in [0, 0.1) is 27.7 Å². The first kappa shape index (κ1) is 13.8. The van der Waals surface area contributed by atoms with E-state index in [0.717, 1.165) is 0 Å². The molecule has 0 amide bonds. The molecule has 0 bridgehead atoms. The van der Waals surface area contributed by atoms with E-state index in [4.69, 9.17) is 5.11 Å². The second-order valence-electron chi connectivity index (χ2n) is 5.59. The monoisotopic (exact) mass is 234 g/mol. The summed E-state index contributed by atoms with van der Waals surface area (Å²) in [6.07, 6.45) is 0.164. The Morgan fingerprint density at radius 1 is 1.12 bits per heavy atom. The Hall–Kier alpha value is -1.31. The van der Waals surface area contributed by atoms with Crippen molar-refractivity contribution in [3.63, 3.8) is 0 Å². The molecule has 0 fully saturated rings. The molecule has 0 radical (unpaired) electrons. The quantitative estimate of drug-likeness (QED) is 0.866. The van der Waals surface area contributed by atoms with Crippen molar-refractivity contribution in [3.05, 3.63) is 33.9 Å². The number of carbonyl (C=O) groups is 1. The van der Waals surface area contributed by atoms with Crippen LogP contribution in [0.5, 0.6) is 0 Å². The maximum atomic E-state index is 11.0. The number of hydrogen-bond acceptors (Lipinski definition) is 1. The molecule has 2 heteroatoms. The SMILES string of the molecule is Cc1cc(C)c(C)c(C(C)(C)CC(=O)O)c1C. The minimum atomic E-state index is -0.743. The van der Waals surface area contributed by atoms with Crippen molar-refractivity contribution in [3.8, 4) is 0 Å². The van der Waals surface area contributed by atoms with E-state index in [1.54, 1.807) is 0 Å². The predicted octanol–water partition coefficient (Wildman–Crippen LogP) is 3.67. The van der Waals surface area contributed by atoms with Crippen LogP contribution >= 0.6 is 0 Å². The molecule has 0 saturated heterocycles. The van der Waals surface area contributed by atoms with Gasteiger partial charge in [-0.15, -0.1) is 0 Å². The van der Waals surface area contributed by atoms with Gasteiger partial charge in [-0.3, -0.25) is 4.79 Å². The third kappa shape index (κ3) is 2.68. The van der Waals surface area contributed by atoms with Gasteiger partial charge in [0.1, 0.15) is 0 Å². The normalized spacial score (nSPS) is 11.6. The first-order valence-corrected chi connectivity index (χ1v) is 5.96. The zero-order valence-electron chi connectivity index (χ0n) is 11.6. The number of aryl methyl sites for hydroxylation is 2. The van der Waals surface area contributed by atoms with Gasteiger partial charge in [0.05, 0.1) is 6.42 Å². The van der Waals surface area contributed by atoms with E-state index < -0.39 is 5.97 Å². The Kier molecular flexibility index (Phi) is 3.65. The highest BCUT2D eigenvalue weighted by Gasteiger charge is 2.28. The van der Waals surface area contributed by atoms with Crippen LogP contribution in [-0.4, -0.2) is 11.1 Å². The number of rotatable bonds is 3. The number of aliphatic carboxylic acids is 1. The van der Waals surface area contributed by atoms with Crippen molar-refractivity contribution >= 4 is 5.97 Å². The Labute approximate surface area is 104 Å². The first-order chi connectivity index (χ1) is 7.66. The lowest BCUT2D eigenvalue weighted by atomic mass is 9.75. The first-order valence-electron chi connectivity index (χ1n) is 5.96. The summed E-state index contributed by atoms with van der Waals surface area (Å²) in [6, 6.07) is 2.17.